The van der Waals surface area contributed by atoms with E-state index in [-0.39, 0.29) is 19.0 Å². The number of rotatable bonds is 6. The maximum atomic E-state index is 12.8. The first-order chi connectivity index (χ1) is 12.6. The molecule has 26 heavy (non-hydrogen) atoms. The lowest BCUT2D eigenvalue weighted by molar-refractivity contribution is 0.0448. The first kappa shape index (κ1) is 17.7. The number of esters is 1. The topological polar surface area (TPSA) is 53.4 Å². The smallest absolute Gasteiger partial charge is 0.342 e. The van der Waals surface area contributed by atoms with Crippen molar-refractivity contribution in [2.45, 2.75) is 13.8 Å². The fraction of sp³-hybridized carbons (Fsp3) is 0.200. The normalized spacial score (nSPS) is 10.6. The van der Waals surface area contributed by atoms with E-state index in [0.717, 1.165) is 11.4 Å². The number of para-hydroxylation sites is 1. The molecule has 0 bridgehead atoms. The van der Waals surface area contributed by atoms with Gasteiger partial charge in [-0.3, -0.25) is 0 Å². The standard InChI is InChI=1S/C20H19FN2O3/c1-14-19(15(2)23(22-14)17-6-4-3-5-7-17)20(24)26-13-12-25-18-10-8-16(21)9-11-18/h3-11H,12-13H2,1-2H3. The van der Waals surface area contributed by atoms with Crippen molar-refractivity contribution in [3.8, 4) is 11.4 Å². The third kappa shape index (κ3) is 3.91. The van der Waals surface area contributed by atoms with Gasteiger partial charge >= 0.3 is 5.97 Å². The van der Waals surface area contributed by atoms with Crippen LogP contribution in [0.5, 0.6) is 5.75 Å². The Morgan fingerprint density at radius 1 is 1.04 bits per heavy atom. The SMILES string of the molecule is Cc1nn(-c2ccccc2)c(C)c1C(=O)OCCOc1ccc(F)cc1. The monoisotopic (exact) mass is 354 g/mol. The van der Waals surface area contributed by atoms with Crippen molar-refractivity contribution >= 4 is 5.97 Å². The molecule has 0 atom stereocenters. The second-order valence-corrected chi connectivity index (χ2v) is 5.73. The summed E-state index contributed by atoms with van der Waals surface area (Å²) in [6.45, 7) is 3.88. The zero-order chi connectivity index (χ0) is 18.5. The molecule has 0 aliphatic carbocycles. The molecule has 1 aromatic heterocycles. The molecule has 6 heteroatoms. The summed E-state index contributed by atoms with van der Waals surface area (Å²) < 4.78 is 25.3. The molecule has 3 aromatic rings. The number of hydrogen-bond acceptors (Lipinski definition) is 4. The van der Waals surface area contributed by atoms with Gasteiger partial charge in [-0.05, 0) is 50.2 Å². The fourth-order valence-electron chi connectivity index (χ4n) is 2.66. The van der Waals surface area contributed by atoms with Crippen molar-refractivity contribution in [3.05, 3.63) is 77.4 Å². The average Bonchev–Trinajstić information content (AvgIpc) is 2.95. The zero-order valence-corrected chi connectivity index (χ0v) is 14.6. The van der Waals surface area contributed by atoms with E-state index in [2.05, 4.69) is 5.10 Å². The minimum atomic E-state index is -0.440. The summed E-state index contributed by atoms with van der Waals surface area (Å²) in [4.78, 5) is 12.4. The highest BCUT2D eigenvalue weighted by Gasteiger charge is 2.20. The Balaban J connectivity index is 1.61. The minimum absolute atomic E-state index is 0.0889. The van der Waals surface area contributed by atoms with Gasteiger partial charge in [0, 0.05) is 0 Å². The lowest BCUT2D eigenvalue weighted by Crippen LogP contribution is -2.14. The second kappa shape index (κ2) is 7.82. The van der Waals surface area contributed by atoms with Gasteiger partial charge in [0.2, 0.25) is 0 Å². The Hall–Kier alpha value is -3.15. The molecule has 134 valence electrons. The molecule has 1 heterocycles. The third-order valence-corrected chi connectivity index (χ3v) is 3.90. The van der Waals surface area contributed by atoms with Crippen molar-refractivity contribution in [1.29, 1.82) is 0 Å². The number of aromatic nitrogens is 2. The van der Waals surface area contributed by atoms with Gasteiger partial charge in [-0.15, -0.1) is 0 Å². The Bertz CT molecular complexity index is 889. The number of aryl methyl sites for hydroxylation is 1. The first-order valence-electron chi connectivity index (χ1n) is 8.23. The maximum absolute atomic E-state index is 12.8. The second-order valence-electron chi connectivity index (χ2n) is 5.73. The Morgan fingerprint density at radius 3 is 2.42 bits per heavy atom. The highest BCUT2D eigenvalue weighted by atomic mass is 19.1. The molecule has 0 saturated heterocycles. The molecule has 2 aromatic carbocycles. The lowest BCUT2D eigenvalue weighted by atomic mass is 10.2. The number of benzene rings is 2. The van der Waals surface area contributed by atoms with E-state index < -0.39 is 5.97 Å². The van der Waals surface area contributed by atoms with Crippen LogP contribution in [0.2, 0.25) is 0 Å². The highest BCUT2D eigenvalue weighted by Crippen LogP contribution is 2.19. The molecule has 0 unspecified atom stereocenters. The van der Waals surface area contributed by atoms with E-state index in [0.29, 0.717) is 17.0 Å². The lowest BCUT2D eigenvalue weighted by Gasteiger charge is -2.08. The van der Waals surface area contributed by atoms with Crippen LogP contribution in [0.15, 0.2) is 54.6 Å². The van der Waals surface area contributed by atoms with E-state index in [9.17, 15) is 9.18 Å². The van der Waals surface area contributed by atoms with Crippen LogP contribution in [0.3, 0.4) is 0 Å². The highest BCUT2D eigenvalue weighted by molar-refractivity contribution is 5.92. The number of carbonyl (C=O) groups is 1. The van der Waals surface area contributed by atoms with Gasteiger partial charge in [-0.1, -0.05) is 18.2 Å². The fourth-order valence-corrected chi connectivity index (χ4v) is 2.66. The summed E-state index contributed by atoms with van der Waals surface area (Å²) in [5.74, 6) is -0.248. The number of halogens is 1. The van der Waals surface area contributed by atoms with Crippen LogP contribution in [0, 0.1) is 19.7 Å². The quantitative estimate of drug-likeness (QED) is 0.498. The summed E-state index contributed by atoms with van der Waals surface area (Å²) >= 11 is 0. The van der Waals surface area contributed by atoms with Gasteiger partial charge in [-0.2, -0.15) is 5.10 Å². The van der Waals surface area contributed by atoms with Crippen LogP contribution < -0.4 is 4.74 Å². The van der Waals surface area contributed by atoms with Crippen molar-refractivity contribution in [3.63, 3.8) is 0 Å². The molecule has 3 rings (SSSR count). The Kier molecular flexibility index (Phi) is 5.31. The molecule has 0 fully saturated rings. The molecule has 0 amide bonds. The number of hydrogen-bond donors (Lipinski definition) is 0. The van der Waals surface area contributed by atoms with E-state index in [1.165, 1.54) is 24.3 Å². The van der Waals surface area contributed by atoms with E-state index in [4.69, 9.17) is 9.47 Å². The van der Waals surface area contributed by atoms with Crippen LogP contribution >= 0.6 is 0 Å². The first-order valence-corrected chi connectivity index (χ1v) is 8.23. The van der Waals surface area contributed by atoms with Gasteiger partial charge in [-0.25, -0.2) is 13.9 Å². The Labute approximate surface area is 151 Å². The molecule has 5 nitrogen and oxygen atoms in total. The van der Waals surface area contributed by atoms with E-state index in [1.807, 2.05) is 37.3 Å². The molecular formula is C20H19FN2O3. The third-order valence-electron chi connectivity index (χ3n) is 3.90. The van der Waals surface area contributed by atoms with E-state index >= 15 is 0 Å². The van der Waals surface area contributed by atoms with Crippen LogP contribution in [0.25, 0.3) is 5.69 Å². The van der Waals surface area contributed by atoms with Crippen LogP contribution in [0.1, 0.15) is 21.7 Å². The summed E-state index contributed by atoms with van der Waals surface area (Å²) in [6.07, 6.45) is 0. The predicted octanol–water partition coefficient (Wildman–Crippen LogP) is 3.86. The molecular weight excluding hydrogens is 335 g/mol. The van der Waals surface area contributed by atoms with Crippen molar-refractivity contribution in [2.24, 2.45) is 0 Å². The van der Waals surface area contributed by atoms with Crippen LogP contribution in [-0.2, 0) is 4.74 Å². The summed E-state index contributed by atoms with van der Waals surface area (Å²) in [6, 6.07) is 15.3. The van der Waals surface area contributed by atoms with Crippen molar-refractivity contribution < 1.29 is 18.7 Å². The summed E-state index contributed by atoms with van der Waals surface area (Å²) in [5, 5.41) is 4.43. The van der Waals surface area contributed by atoms with Gasteiger partial charge in [0.05, 0.1) is 17.1 Å². The predicted molar refractivity (Wildman–Crippen MR) is 95.2 cm³/mol. The van der Waals surface area contributed by atoms with Crippen LogP contribution in [0.4, 0.5) is 4.39 Å². The minimum Gasteiger partial charge on any atom is -0.490 e. The molecule has 0 radical (unpaired) electrons. The summed E-state index contributed by atoms with van der Waals surface area (Å²) in [7, 11) is 0. The number of nitrogens with zero attached hydrogens (tertiary/aromatic N) is 2. The van der Waals surface area contributed by atoms with Crippen LogP contribution in [-0.4, -0.2) is 29.0 Å². The zero-order valence-electron chi connectivity index (χ0n) is 14.6. The Morgan fingerprint density at radius 2 is 1.73 bits per heavy atom. The number of carbonyl (C=O) groups excluding carboxylic acids is 1. The number of ether oxygens (including phenoxy) is 2. The maximum Gasteiger partial charge on any atom is 0.342 e. The van der Waals surface area contributed by atoms with Gasteiger partial charge in [0.15, 0.2) is 0 Å². The molecule has 0 spiro atoms. The molecule has 0 saturated carbocycles. The van der Waals surface area contributed by atoms with Gasteiger partial charge in [0.25, 0.3) is 0 Å². The van der Waals surface area contributed by atoms with Crippen molar-refractivity contribution in [2.75, 3.05) is 13.2 Å². The van der Waals surface area contributed by atoms with Gasteiger partial charge < -0.3 is 9.47 Å². The molecule has 0 aliphatic heterocycles. The van der Waals surface area contributed by atoms with Crippen molar-refractivity contribution in [1.82, 2.24) is 9.78 Å². The molecule has 0 N–H and O–H groups in total. The average molecular weight is 354 g/mol. The largest absolute Gasteiger partial charge is 0.490 e. The summed E-state index contributed by atoms with van der Waals surface area (Å²) in [5.41, 5.74) is 2.66. The van der Waals surface area contributed by atoms with Gasteiger partial charge in [0.1, 0.15) is 30.3 Å². The molecule has 0 aliphatic rings. The van der Waals surface area contributed by atoms with E-state index in [1.54, 1.807) is 11.6 Å².